The maximum absolute atomic E-state index is 13.6. The van der Waals surface area contributed by atoms with Gasteiger partial charge in [-0.15, -0.1) is 0 Å². The van der Waals surface area contributed by atoms with E-state index in [4.69, 9.17) is 16.6 Å². The molecule has 0 radical (unpaired) electrons. The number of aromatic nitrogens is 3. The number of nitrogens with zero attached hydrogens (tertiary/aromatic N) is 4. The van der Waals surface area contributed by atoms with Crippen LogP contribution in [0, 0.1) is 6.92 Å². The average molecular weight is 453 g/mol. The van der Waals surface area contributed by atoms with E-state index in [1.165, 1.54) is 11.3 Å². The molecule has 0 amide bonds. The summed E-state index contributed by atoms with van der Waals surface area (Å²) in [4.78, 5) is 8.77. The third kappa shape index (κ3) is 4.44. The largest absolute Gasteiger partial charge is 0.337 e. The van der Waals surface area contributed by atoms with Crippen molar-refractivity contribution in [1.82, 2.24) is 14.5 Å². The molecule has 1 fully saturated rings. The molecule has 9 heteroatoms. The molecule has 0 spiro atoms. The van der Waals surface area contributed by atoms with Crippen molar-refractivity contribution in [3.8, 4) is 0 Å². The van der Waals surface area contributed by atoms with Gasteiger partial charge in [-0.1, -0.05) is 42.2 Å². The van der Waals surface area contributed by atoms with E-state index in [0.29, 0.717) is 29.7 Å². The van der Waals surface area contributed by atoms with Crippen LogP contribution >= 0.6 is 22.9 Å². The number of thiazole rings is 1. The van der Waals surface area contributed by atoms with Gasteiger partial charge >= 0.3 is 0 Å². The van der Waals surface area contributed by atoms with Crippen molar-refractivity contribution in [3.05, 3.63) is 41.4 Å². The summed E-state index contributed by atoms with van der Waals surface area (Å²) < 4.78 is 31.5. The molecule has 0 saturated heterocycles. The summed E-state index contributed by atoms with van der Waals surface area (Å²) in [5.74, 6) is 0. The summed E-state index contributed by atoms with van der Waals surface area (Å²) in [6.07, 6.45) is 10.6. The molecule has 2 aromatic heterocycles. The Kier molecular flexibility index (Phi) is 6.13. The lowest BCUT2D eigenvalue weighted by molar-refractivity contribution is 0.480. The van der Waals surface area contributed by atoms with Crippen molar-refractivity contribution in [1.29, 1.82) is 0 Å². The summed E-state index contributed by atoms with van der Waals surface area (Å²) in [6, 6.07) is 3.73. The average Bonchev–Trinajstić information content (AvgIpc) is 3.35. The molecule has 29 heavy (non-hydrogen) atoms. The SMILES string of the molecule is Cc1cc(Cl)cc2sc(N(CCCn3ccnc3)S(=O)(=O)C3CCCCC3)nc12. The van der Waals surface area contributed by atoms with Gasteiger partial charge in [-0.3, -0.25) is 0 Å². The molecule has 2 heterocycles. The van der Waals surface area contributed by atoms with Crippen LogP contribution in [0.15, 0.2) is 30.9 Å². The lowest BCUT2D eigenvalue weighted by Gasteiger charge is -2.29. The predicted octanol–water partition coefficient (Wildman–Crippen LogP) is 5.01. The Morgan fingerprint density at radius 1 is 1.28 bits per heavy atom. The highest BCUT2D eigenvalue weighted by Crippen LogP contribution is 2.36. The van der Waals surface area contributed by atoms with Crippen molar-refractivity contribution < 1.29 is 8.42 Å². The van der Waals surface area contributed by atoms with Crippen LogP contribution in [-0.4, -0.2) is 34.7 Å². The van der Waals surface area contributed by atoms with Gasteiger partial charge in [-0.05, 0) is 43.9 Å². The number of rotatable bonds is 7. The van der Waals surface area contributed by atoms with Crippen molar-refractivity contribution in [2.45, 2.75) is 57.2 Å². The first-order valence-corrected chi connectivity index (χ1v) is 12.7. The summed E-state index contributed by atoms with van der Waals surface area (Å²) in [5, 5.41) is 0.870. The van der Waals surface area contributed by atoms with Gasteiger partial charge in [0.2, 0.25) is 10.0 Å². The predicted molar refractivity (Wildman–Crippen MR) is 119 cm³/mol. The van der Waals surface area contributed by atoms with Crippen LogP contribution in [0.25, 0.3) is 10.2 Å². The molecule has 156 valence electrons. The fourth-order valence-corrected chi connectivity index (χ4v) is 7.65. The molecule has 1 aliphatic rings. The van der Waals surface area contributed by atoms with Crippen LogP contribution in [0.4, 0.5) is 5.13 Å². The van der Waals surface area contributed by atoms with E-state index in [1.807, 2.05) is 29.8 Å². The van der Waals surface area contributed by atoms with Gasteiger partial charge < -0.3 is 4.57 Å². The van der Waals surface area contributed by atoms with Crippen LogP contribution in [0.2, 0.25) is 5.02 Å². The topological polar surface area (TPSA) is 68.1 Å². The summed E-state index contributed by atoms with van der Waals surface area (Å²) in [6.45, 7) is 3.08. The lowest BCUT2D eigenvalue weighted by atomic mass is 10.0. The molecule has 1 saturated carbocycles. The van der Waals surface area contributed by atoms with E-state index in [9.17, 15) is 8.42 Å². The zero-order valence-corrected chi connectivity index (χ0v) is 18.8. The Morgan fingerprint density at radius 3 is 2.79 bits per heavy atom. The van der Waals surface area contributed by atoms with Gasteiger partial charge in [0.05, 0.1) is 21.8 Å². The van der Waals surface area contributed by atoms with Gasteiger partial charge in [-0.25, -0.2) is 22.7 Å². The smallest absolute Gasteiger partial charge is 0.239 e. The van der Waals surface area contributed by atoms with Crippen molar-refractivity contribution >= 4 is 48.3 Å². The maximum Gasteiger partial charge on any atom is 0.239 e. The third-order valence-electron chi connectivity index (χ3n) is 5.47. The second-order valence-corrected chi connectivity index (χ2v) is 11.2. The van der Waals surface area contributed by atoms with E-state index in [2.05, 4.69) is 4.98 Å². The number of anilines is 1. The highest BCUT2D eigenvalue weighted by atomic mass is 35.5. The minimum Gasteiger partial charge on any atom is -0.337 e. The van der Waals surface area contributed by atoms with E-state index < -0.39 is 10.0 Å². The Labute approximate surface area is 180 Å². The molecule has 0 atom stereocenters. The molecule has 0 bridgehead atoms. The normalized spacial score (nSPS) is 15.8. The standard InChI is InChI=1S/C20H25ClN4O2S2/c1-15-12-16(21)13-18-19(15)23-20(28-18)25(10-5-9-24-11-8-22-14-24)29(26,27)17-6-3-2-4-7-17/h8,11-14,17H,2-7,9-10H2,1H3. The van der Waals surface area contributed by atoms with Crippen molar-refractivity contribution in [2.24, 2.45) is 0 Å². The van der Waals surface area contributed by atoms with E-state index in [1.54, 1.807) is 16.8 Å². The van der Waals surface area contributed by atoms with Gasteiger partial charge in [0.25, 0.3) is 0 Å². The quantitative estimate of drug-likeness (QED) is 0.505. The number of fused-ring (bicyclic) bond motifs is 1. The Bertz CT molecular complexity index is 1070. The second-order valence-electron chi connectivity index (χ2n) is 7.60. The van der Waals surface area contributed by atoms with Crippen LogP contribution in [-0.2, 0) is 16.6 Å². The first-order chi connectivity index (χ1) is 13.9. The van der Waals surface area contributed by atoms with Crippen LogP contribution in [0.3, 0.4) is 0 Å². The first kappa shape index (κ1) is 20.6. The minimum absolute atomic E-state index is 0.318. The molecule has 1 aromatic carbocycles. The Balaban J connectivity index is 1.66. The third-order valence-corrected chi connectivity index (χ3v) is 9.11. The number of halogens is 1. The number of imidazole rings is 1. The molecule has 6 nitrogen and oxygen atoms in total. The van der Waals surface area contributed by atoms with E-state index in [-0.39, 0.29) is 5.25 Å². The molecule has 3 aromatic rings. The first-order valence-electron chi connectivity index (χ1n) is 9.99. The van der Waals surface area contributed by atoms with E-state index in [0.717, 1.165) is 47.9 Å². The molecule has 0 aliphatic heterocycles. The summed E-state index contributed by atoms with van der Waals surface area (Å²) in [7, 11) is -3.47. The highest BCUT2D eigenvalue weighted by Gasteiger charge is 2.34. The van der Waals surface area contributed by atoms with Gasteiger partial charge in [0, 0.05) is 30.5 Å². The Morgan fingerprint density at radius 2 is 2.07 bits per heavy atom. The molecule has 0 unspecified atom stereocenters. The van der Waals surface area contributed by atoms with E-state index >= 15 is 0 Å². The fourth-order valence-electron chi connectivity index (χ4n) is 3.94. The second kappa shape index (κ2) is 8.62. The van der Waals surface area contributed by atoms with Gasteiger partial charge in [0.15, 0.2) is 5.13 Å². The van der Waals surface area contributed by atoms with Crippen molar-refractivity contribution in [3.63, 3.8) is 0 Å². The molecule has 4 rings (SSSR count). The zero-order chi connectivity index (χ0) is 20.4. The number of hydrogen-bond donors (Lipinski definition) is 0. The summed E-state index contributed by atoms with van der Waals surface area (Å²) in [5.41, 5.74) is 1.79. The number of sulfonamides is 1. The van der Waals surface area contributed by atoms with Crippen LogP contribution < -0.4 is 4.31 Å². The van der Waals surface area contributed by atoms with Gasteiger partial charge in [-0.2, -0.15) is 0 Å². The zero-order valence-electron chi connectivity index (χ0n) is 16.4. The minimum atomic E-state index is -3.47. The maximum atomic E-state index is 13.6. The van der Waals surface area contributed by atoms with Gasteiger partial charge in [0.1, 0.15) is 0 Å². The fraction of sp³-hybridized carbons (Fsp3) is 0.500. The van der Waals surface area contributed by atoms with Crippen LogP contribution in [0.1, 0.15) is 44.1 Å². The monoisotopic (exact) mass is 452 g/mol. The van der Waals surface area contributed by atoms with Crippen molar-refractivity contribution in [2.75, 3.05) is 10.8 Å². The number of aryl methyl sites for hydroxylation is 2. The number of hydrogen-bond acceptors (Lipinski definition) is 5. The number of benzene rings is 1. The summed E-state index contributed by atoms with van der Waals surface area (Å²) >= 11 is 7.61. The molecule has 0 N–H and O–H groups in total. The molecule has 1 aliphatic carbocycles. The Hall–Kier alpha value is -1.64. The lowest BCUT2D eigenvalue weighted by Crippen LogP contribution is -2.40. The van der Waals surface area contributed by atoms with Crippen LogP contribution in [0.5, 0.6) is 0 Å². The molecular formula is C20H25ClN4O2S2. The highest BCUT2D eigenvalue weighted by molar-refractivity contribution is 7.93. The molecular weight excluding hydrogens is 428 g/mol.